The number of aromatic nitrogens is 1. The molecule has 1 aromatic heterocycles. The number of benzene rings is 2. The van der Waals surface area contributed by atoms with Gasteiger partial charge in [-0.15, -0.1) is 11.3 Å². The number of phenolic OH excluding ortho intramolecular Hbond substituents is 2. The molecule has 3 rings (SSSR count). The Kier molecular flexibility index (Phi) is 6.05. The summed E-state index contributed by atoms with van der Waals surface area (Å²) in [5.41, 5.74) is 1.81. The molecule has 0 saturated heterocycles. The summed E-state index contributed by atoms with van der Waals surface area (Å²) in [7, 11) is 0. The fourth-order valence-electron chi connectivity index (χ4n) is 2.47. The largest absolute Gasteiger partial charge is 0.504 e. The van der Waals surface area contributed by atoms with Gasteiger partial charge in [0.15, 0.2) is 16.6 Å². The van der Waals surface area contributed by atoms with Gasteiger partial charge in [-0.3, -0.25) is 4.79 Å². The topological polar surface area (TPSA) is 106 Å². The van der Waals surface area contributed by atoms with Crippen LogP contribution >= 0.6 is 34.5 Å². The Balaban J connectivity index is 1.72. The molecule has 0 aliphatic carbocycles. The Morgan fingerprint density at radius 2 is 2.00 bits per heavy atom. The molecule has 0 saturated carbocycles. The van der Waals surface area contributed by atoms with Crippen molar-refractivity contribution in [3.8, 4) is 28.8 Å². The summed E-state index contributed by atoms with van der Waals surface area (Å²) in [5, 5.41) is 33.9. The first-order chi connectivity index (χ1) is 13.4. The molecule has 0 aliphatic rings. The summed E-state index contributed by atoms with van der Waals surface area (Å²) in [6, 6.07) is 11.1. The van der Waals surface area contributed by atoms with E-state index in [1.807, 2.05) is 6.07 Å². The smallest absolute Gasteiger partial charge is 0.243 e. The van der Waals surface area contributed by atoms with E-state index in [0.717, 1.165) is 0 Å². The minimum atomic E-state index is -0.990. The zero-order chi connectivity index (χ0) is 20.3. The van der Waals surface area contributed by atoms with E-state index in [1.165, 1.54) is 29.5 Å². The summed E-state index contributed by atoms with van der Waals surface area (Å²) >= 11 is 13.3. The number of anilines is 1. The quantitative estimate of drug-likeness (QED) is 0.498. The van der Waals surface area contributed by atoms with E-state index in [1.54, 1.807) is 23.6 Å². The van der Waals surface area contributed by atoms with Crippen LogP contribution in [0.4, 0.5) is 5.13 Å². The van der Waals surface area contributed by atoms with Gasteiger partial charge < -0.3 is 15.5 Å². The van der Waals surface area contributed by atoms with E-state index in [9.17, 15) is 20.3 Å². The number of hydrogen-bond acceptors (Lipinski definition) is 6. The van der Waals surface area contributed by atoms with E-state index in [4.69, 9.17) is 23.2 Å². The molecule has 0 fully saturated rings. The van der Waals surface area contributed by atoms with Crippen LogP contribution in [0.5, 0.6) is 11.5 Å². The van der Waals surface area contributed by atoms with Crippen molar-refractivity contribution >= 4 is 45.6 Å². The summed E-state index contributed by atoms with van der Waals surface area (Å²) in [5.74, 6) is -2.08. The Hall–Kier alpha value is -2.79. The molecule has 0 spiro atoms. The molecule has 1 atom stereocenters. The van der Waals surface area contributed by atoms with Gasteiger partial charge in [-0.05, 0) is 42.3 Å². The second-order valence-electron chi connectivity index (χ2n) is 5.86. The average molecular weight is 434 g/mol. The number of nitrogens with one attached hydrogen (secondary N) is 1. The lowest BCUT2D eigenvalue weighted by molar-refractivity contribution is -0.118. The number of nitriles is 1. The van der Waals surface area contributed by atoms with Gasteiger partial charge in [-0.2, -0.15) is 5.26 Å². The van der Waals surface area contributed by atoms with Gasteiger partial charge in [0.25, 0.3) is 0 Å². The molecular weight excluding hydrogens is 421 g/mol. The van der Waals surface area contributed by atoms with Gasteiger partial charge in [0.05, 0.1) is 16.8 Å². The lowest BCUT2D eigenvalue weighted by Gasteiger charge is -2.09. The first kappa shape index (κ1) is 20.0. The van der Waals surface area contributed by atoms with Gasteiger partial charge in [0.2, 0.25) is 5.91 Å². The number of carbonyl (C=O) groups excluding carboxylic acids is 1. The van der Waals surface area contributed by atoms with Crippen LogP contribution in [-0.4, -0.2) is 21.1 Å². The van der Waals surface area contributed by atoms with E-state index in [2.05, 4.69) is 10.3 Å². The van der Waals surface area contributed by atoms with Gasteiger partial charge in [-0.25, -0.2) is 4.98 Å². The monoisotopic (exact) mass is 433 g/mol. The molecule has 6 nitrogen and oxygen atoms in total. The molecule has 1 heterocycles. The molecule has 2 aromatic carbocycles. The highest BCUT2D eigenvalue weighted by Crippen LogP contribution is 2.32. The Labute approximate surface area is 174 Å². The molecule has 3 N–H and O–H groups in total. The van der Waals surface area contributed by atoms with Crippen LogP contribution in [0.1, 0.15) is 5.56 Å². The molecule has 1 unspecified atom stereocenters. The summed E-state index contributed by atoms with van der Waals surface area (Å²) in [6.07, 6.45) is 0.0808. The van der Waals surface area contributed by atoms with Crippen LogP contribution < -0.4 is 5.32 Å². The van der Waals surface area contributed by atoms with Gasteiger partial charge >= 0.3 is 0 Å². The molecular formula is C19H13Cl2N3O3S. The highest BCUT2D eigenvalue weighted by atomic mass is 35.5. The number of amides is 1. The minimum absolute atomic E-state index is 0.0808. The lowest BCUT2D eigenvalue weighted by atomic mass is 9.99. The van der Waals surface area contributed by atoms with Crippen LogP contribution in [0.2, 0.25) is 10.0 Å². The lowest BCUT2D eigenvalue weighted by Crippen LogP contribution is -2.23. The van der Waals surface area contributed by atoms with Crippen molar-refractivity contribution in [2.45, 2.75) is 6.42 Å². The van der Waals surface area contributed by atoms with Gasteiger partial charge in [0, 0.05) is 16.0 Å². The SMILES string of the molecule is N#CC(Cc1ccc(O)c(O)c1)C(=O)Nc1nc(-c2ccc(Cl)cc2Cl)cs1. The number of thiazole rings is 1. The first-order valence-corrected chi connectivity index (χ1v) is 9.63. The predicted octanol–water partition coefficient (Wildman–Crippen LogP) is 4.85. The molecule has 142 valence electrons. The predicted molar refractivity (Wildman–Crippen MR) is 109 cm³/mol. The van der Waals surface area contributed by atoms with E-state index < -0.39 is 11.8 Å². The third-order valence-electron chi connectivity index (χ3n) is 3.89. The van der Waals surface area contributed by atoms with E-state index in [0.29, 0.717) is 32.0 Å². The molecule has 1 amide bonds. The van der Waals surface area contributed by atoms with Crippen molar-refractivity contribution in [2.75, 3.05) is 5.32 Å². The van der Waals surface area contributed by atoms with Crippen molar-refractivity contribution in [3.05, 3.63) is 57.4 Å². The first-order valence-electron chi connectivity index (χ1n) is 7.99. The van der Waals surface area contributed by atoms with Crippen molar-refractivity contribution in [2.24, 2.45) is 5.92 Å². The number of aromatic hydroxyl groups is 2. The summed E-state index contributed by atoms with van der Waals surface area (Å²) < 4.78 is 0. The summed E-state index contributed by atoms with van der Waals surface area (Å²) in [4.78, 5) is 16.8. The highest BCUT2D eigenvalue weighted by molar-refractivity contribution is 7.14. The molecule has 0 radical (unpaired) electrons. The number of hydrogen-bond donors (Lipinski definition) is 3. The maximum Gasteiger partial charge on any atom is 0.243 e. The Morgan fingerprint density at radius 1 is 1.21 bits per heavy atom. The third kappa shape index (κ3) is 4.54. The minimum Gasteiger partial charge on any atom is -0.504 e. The van der Waals surface area contributed by atoms with Gasteiger partial charge in [0.1, 0.15) is 5.92 Å². The second kappa shape index (κ2) is 8.48. The van der Waals surface area contributed by atoms with Crippen LogP contribution in [0.3, 0.4) is 0 Å². The number of carbonyl (C=O) groups is 1. The molecule has 3 aromatic rings. The van der Waals surface area contributed by atoms with Crippen molar-refractivity contribution in [3.63, 3.8) is 0 Å². The maximum absolute atomic E-state index is 12.4. The number of rotatable bonds is 5. The summed E-state index contributed by atoms with van der Waals surface area (Å²) in [6.45, 7) is 0. The molecule has 28 heavy (non-hydrogen) atoms. The van der Waals surface area contributed by atoms with Crippen molar-refractivity contribution < 1.29 is 15.0 Å². The zero-order valence-electron chi connectivity index (χ0n) is 14.2. The van der Waals surface area contributed by atoms with Crippen LogP contribution in [-0.2, 0) is 11.2 Å². The van der Waals surface area contributed by atoms with Crippen molar-refractivity contribution in [1.29, 1.82) is 5.26 Å². The normalized spacial score (nSPS) is 11.6. The highest BCUT2D eigenvalue weighted by Gasteiger charge is 2.21. The van der Waals surface area contributed by atoms with Crippen LogP contribution in [0.15, 0.2) is 41.8 Å². The number of halogens is 2. The molecule has 0 aliphatic heterocycles. The fraction of sp³-hybridized carbons (Fsp3) is 0.105. The van der Waals surface area contributed by atoms with Crippen molar-refractivity contribution in [1.82, 2.24) is 4.98 Å². The maximum atomic E-state index is 12.4. The molecule has 0 bridgehead atoms. The van der Waals surface area contributed by atoms with Gasteiger partial charge in [-0.1, -0.05) is 29.3 Å². The van der Waals surface area contributed by atoms with Crippen LogP contribution in [0, 0.1) is 17.2 Å². The average Bonchev–Trinajstić information content (AvgIpc) is 3.10. The van der Waals surface area contributed by atoms with E-state index >= 15 is 0 Å². The molecule has 9 heteroatoms. The van der Waals surface area contributed by atoms with Crippen LogP contribution in [0.25, 0.3) is 11.3 Å². The van der Waals surface area contributed by atoms with E-state index in [-0.39, 0.29) is 17.9 Å². The Bertz CT molecular complexity index is 1080. The third-order valence-corrected chi connectivity index (χ3v) is 5.20. The second-order valence-corrected chi connectivity index (χ2v) is 7.56. The zero-order valence-corrected chi connectivity index (χ0v) is 16.5. The number of nitrogens with zero attached hydrogens (tertiary/aromatic N) is 2. The Morgan fingerprint density at radius 3 is 2.68 bits per heavy atom. The number of phenols is 2. The fourth-order valence-corrected chi connectivity index (χ4v) is 3.69. The standard InChI is InChI=1S/C19H13Cl2N3O3S/c20-12-2-3-13(14(21)7-12)15-9-28-19(23-15)24-18(27)11(8-22)5-10-1-4-16(25)17(26)6-10/h1-4,6-7,9,11,25-26H,5H2,(H,23,24,27).